The van der Waals surface area contributed by atoms with E-state index in [1.165, 1.54) is 78.6 Å². The summed E-state index contributed by atoms with van der Waals surface area (Å²) in [6.07, 6.45) is 0.739. The third kappa shape index (κ3) is 20.9. The number of carbonyl (C=O) groups excluding carboxylic acids is 13. The van der Waals surface area contributed by atoms with Gasteiger partial charge in [-0.3, -0.25) is 62.3 Å². The number of nitrogens with one attached hydrogen (secondary N) is 3. The number of rotatable bonds is 13. The molecule has 10 atom stereocenters. The summed E-state index contributed by atoms with van der Waals surface area (Å²) in [5.41, 5.74) is -2.81. The maximum absolute atomic E-state index is 15.9. The molecule has 32 heteroatoms. The molecule has 614 valence electrons. The standard InChI is InChI=1S/C78H117ClF5N13O13/c1-13-48(4)64-73(108)89(7)49(5)68(103)97-38-31-56(97)71(106)92(10)59(43-50-23-15-14-16-24-50)70(105)88(6)46-61(98)85-55(30-28-51-27-29-53(54(79)42-51)78(82,83)84)69(104)91(9)58(44-63(100)95-39-34-77(80,81)35-40-95)67(102)87-76(32-19-20-33-76)75(110)94(12)65(52-25-17-18-26-52)74(109)93(11)60(72(107)96-36-21-22-37-96)45-62(99)90(8)57(41-47(2)3)66(101)86-64/h27,29,42,47-50,52,55-60,64-65H,13-26,28,30-41,43-46H2,1-12H3,(H,85,98)(H,86,101)(H,87,102)/t48-,49-,55-,56-,57-,58-,59-,60-,64-,65-/m0/s1. The number of carbonyl (C=O) groups is 13. The van der Waals surface area contributed by atoms with Crippen LogP contribution in [0, 0.1) is 23.7 Å². The fraction of sp³-hybridized carbons (Fsp3) is 0.756. The van der Waals surface area contributed by atoms with Gasteiger partial charge in [-0.1, -0.05) is 110 Å². The summed E-state index contributed by atoms with van der Waals surface area (Å²) in [5, 5.41) is 7.85. The van der Waals surface area contributed by atoms with Crippen LogP contribution in [0.5, 0.6) is 0 Å². The largest absolute Gasteiger partial charge is 0.417 e. The highest BCUT2D eigenvalue weighted by atomic mass is 35.5. The van der Waals surface area contributed by atoms with Gasteiger partial charge < -0.3 is 64.9 Å². The number of nitrogens with zero attached hydrogens (tertiary/aromatic N) is 10. The van der Waals surface area contributed by atoms with Gasteiger partial charge in [0.15, 0.2) is 0 Å². The first kappa shape index (κ1) is 87.8. The highest BCUT2D eigenvalue weighted by Gasteiger charge is 2.53. The number of amides is 13. The van der Waals surface area contributed by atoms with Crippen LogP contribution in [0.4, 0.5) is 22.0 Å². The van der Waals surface area contributed by atoms with E-state index in [4.69, 9.17) is 11.6 Å². The minimum Gasteiger partial charge on any atom is -0.343 e. The summed E-state index contributed by atoms with van der Waals surface area (Å²) in [6, 6.07) is -9.44. The van der Waals surface area contributed by atoms with Gasteiger partial charge in [-0.05, 0) is 119 Å². The minimum atomic E-state index is -4.84. The second kappa shape index (κ2) is 37.7. The van der Waals surface area contributed by atoms with E-state index in [9.17, 15) is 45.9 Å². The Labute approximate surface area is 648 Å². The molecule has 0 unspecified atom stereocenters. The van der Waals surface area contributed by atoms with Crippen molar-refractivity contribution in [2.75, 3.05) is 88.6 Å². The van der Waals surface area contributed by atoms with Crippen molar-refractivity contribution >= 4 is 88.4 Å². The zero-order valence-corrected chi connectivity index (χ0v) is 67.0. The molecule has 0 aromatic heterocycles. The summed E-state index contributed by atoms with van der Waals surface area (Å²) < 4.78 is 71.5. The molecule has 1 aromatic rings. The zero-order valence-electron chi connectivity index (χ0n) is 66.2. The monoisotopic (exact) mass is 1570 g/mol. The molecule has 4 aliphatic heterocycles. The number of likely N-dealkylation sites (tertiary alicyclic amines) is 2. The number of halogens is 6. The number of hydrogen-bond donors (Lipinski definition) is 3. The van der Waals surface area contributed by atoms with Crippen LogP contribution in [0.1, 0.15) is 200 Å². The maximum atomic E-state index is 15.9. The fourth-order valence-electron chi connectivity index (χ4n) is 17.1. The van der Waals surface area contributed by atoms with Crippen LogP contribution in [-0.4, -0.2) is 280 Å². The smallest absolute Gasteiger partial charge is 0.343 e. The minimum absolute atomic E-state index is 0.0161. The summed E-state index contributed by atoms with van der Waals surface area (Å²) >= 11 is 6.19. The van der Waals surface area contributed by atoms with Crippen LogP contribution in [0.15, 0.2) is 18.2 Å². The van der Waals surface area contributed by atoms with Crippen LogP contribution in [0.2, 0.25) is 5.02 Å². The lowest BCUT2D eigenvalue weighted by Gasteiger charge is -2.45. The molecule has 26 nitrogen and oxygen atoms in total. The van der Waals surface area contributed by atoms with Crippen molar-refractivity contribution in [2.24, 2.45) is 23.7 Å². The Hall–Kier alpha value is -7.73. The topological polar surface area (TPSA) is 290 Å². The lowest BCUT2D eigenvalue weighted by molar-refractivity contribution is -0.160. The van der Waals surface area contributed by atoms with Crippen molar-refractivity contribution in [3.05, 3.63) is 34.3 Å². The van der Waals surface area contributed by atoms with Gasteiger partial charge in [0.2, 0.25) is 76.8 Å². The first-order valence-electron chi connectivity index (χ1n) is 39.6. The summed E-state index contributed by atoms with van der Waals surface area (Å²) in [6.45, 7) is 7.91. The quantitative estimate of drug-likeness (QED) is 0.174. The van der Waals surface area contributed by atoms with Crippen molar-refractivity contribution in [2.45, 2.75) is 267 Å². The van der Waals surface area contributed by atoms with E-state index < -0.39 is 223 Å². The van der Waals surface area contributed by atoms with Crippen LogP contribution < -0.4 is 16.0 Å². The molecule has 7 fully saturated rings. The van der Waals surface area contributed by atoms with Gasteiger partial charge in [-0.15, -0.1) is 0 Å². The summed E-state index contributed by atoms with van der Waals surface area (Å²) in [7, 11) is 9.54. The zero-order chi connectivity index (χ0) is 81.2. The average Bonchev–Trinajstić information content (AvgIpc) is 1.48. The highest BCUT2D eigenvalue weighted by Crippen LogP contribution is 2.39. The third-order valence-electron chi connectivity index (χ3n) is 24.6. The van der Waals surface area contributed by atoms with Gasteiger partial charge in [0, 0.05) is 94.9 Å². The van der Waals surface area contributed by atoms with Gasteiger partial charge in [0.1, 0.15) is 59.9 Å². The van der Waals surface area contributed by atoms with E-state index in [-0.39, 0.29) is 62.5 Å². The maximum Gasteiger partial charge on any atom is 0.417 e. The molecule has 1 spiro atoms. The van der Waals surface area contributed by atoms with Gasteiger partial charge in [-0.2, -0.15) is 13.2 Å². The Balaban J connectivity index is 1.23. The Morgan fingerprint density at radius 3 is 1.80 bits per heavy atom. The van der Waals surface area contributed by atoms with Crippen molar-refractivity contribution in [1.29, 1.82) is 0 Å². The number of likely N-dealkylation sites (N-methyl/N-ethyl adjacent to an activating group) is 7. The molecule has 3 aliphatic carbocycles. The second-order valence-corrected chi connectivity index (χ2v) is 33.1. The van der Waals surface area contributed by atoms with Crippen molar-refractivity contribution in [1.82, 2.24) is 64.9 Å². The molecule has 4 heterocycles. The first-order chi connectivity index (χ1) is 51.7. The van der Waals surface area contributed by atoms with E-state index in [1.807, 2.05) is 20.8 Å². The Morgan fingerprint density at radius 2 is 1.23 bits per heavy atom. The van der Waals surface area contributed by atoms with Crippen molar-refractivity contribution in [3.8, 4) is 0 Å². The van der Waals surface area contributed by atoms with E-state index in [0.29, 0.717) is 70.9 Å². The number of fused-ring (bicyclic) bond motifs is 1. The molecule has 0 radical (unpaired) electrons. The number of benzene rings is 1. The summed E-state index contributed by atoms with van der Waals surface area (Å²) in [4.78, 5) is 210. The predicted molar refractivity (Wildman–Crippen MR) is 399 cm³/mol. The van der Waals surface area contributed by atoms with Crippen LogP contribution in [0.3, 0.4) is 0 Å². The molecule has 7 aliphatic rings. The van der Waals surface area contributed by atoms with E-state index in [2.05, 4.69) is 16.0 Å². The average molecular weight is 1580 g/mol. The normalized spacial score (nSPS) is 27.9. The lowest BCUT2D eigenvalue weighted by atomic mass is 9.84. The van der Waals surface area contributed by atoms with Gasteiger partial charge >= 0.3 is 6.18 Å². The molecule has 8 rings (SSSR count). The second-order valence-electron chi connectivity index (χ2n) is 32.6. The predicted octanol–water partition coefficient (Wildman–Crippen LogP) is 6.66. The SMILES string of the molecule is CC[C@H](C)[C@@H]1NC(=O)[C@H](CC(C)C)N(C)C(=O)C[C@@H](C(=O)N2CCCC2)N(C)C(=O)[C@H](C2CCCC2)N(C)C(=O)C2(CCCC2)NC(=O)[C@H](CC(=O)N2CCC(F)(F)CC2)N(C)C(=O)[C@H](CCc2ccc(C(F)(F)F)c(Cl)c2)NC(=O)CN(C)C(=O)[C@H](CC2CCCCC2)N(C)C(=O)[C@@H]2CCN2C(=O)[C@H](C)N(C)C1=O. The van der Waals surface area contributed by atoms with Crippen molar-refractivity contribution in [3.63, 3.8) is 0 Å². The molecule has 110 heavy (non-hydrogen) atoms. The molecule has 13 amide bonds. The molecule has 0 bridgehead atoms. The molecule has 1 aromatic carbocycles. The number of piperidine rings is 1. The molecule has 3 saturated carbocycles. The first-order valence-corrected chi connectivity index (χ1v) is 40.0. The Bertz CT molecular complexity index is 3520. The van der Waals surface area contributed by atoms with Crippen LogP contribution in [0.25, 0.3) is 0 Å². The fourth-order valence-corrected chi connectivity index (χ4v) is 17.4. The van der Waals surface area contributed by atoms with Gasteiger partial charge in [0.05, 0.1) is 30.0 Å². The Kier molecular flexibility index (Phi) is 30.1. The number of alkyl halides is 5. The van der Waals surface area contributed by atoms with Gasteiger partial charge in [0.25, 0.3) is 5.92 Å². The Morgan fingerprint density at radius 1 is 0.618 bits per heavy atom. The lowest BCUT2D eigenvalue weighted by Crippen LogP contribution is -2.65. The summed E-state index contributed by atoms with van der Waals surface area (Å²) in [5.74, 6) is -14.2. The van der Waals surface area contributed by atoms with Crippen LogP contribution >= 0.6 is 11.6 Å². The molecule has 3 N–H and O–H groups in total. The van der Waals surface area contributed by atoms with Crippen LogP contribution in [-0.2, 0) is 74.9 Å². The molecular weight excluding hydrogens is 1460 g/mol. The number of aryl methyl sites for hydroxylation is 1. The third-order valence-corrected chi connectivity index (χ3v) is 24.9. The van der Waals surface area contributed by atoms with E-state index >= 15 is 38.4 Å². The van der Waals surface area contributed by atoms with Gasteiger partial charge in [-0.25, -0.2) is 8.78 Å². The van der Waals surface area contributed by atoms with E-state index in [0.717, 1.165) is 72.1 Å². The molecule has 4 saturated heterocycles. The van der Waals surface area contributed by atoms with Crippen molar-refractivity contribution < 1.29 is 84.3 Å². The number of hydrogen-bond acceptors (Lipinski definition) is 13. The molecular formula is C78H117ClF5N13O13. The highest BCUT2D eigenvalue weighted by molar-refractivity contribution is 6.31. The van der Waals surface area contributed by atoms with E-state index in [1.54, 1.807) is 11.8 Å².